The summed E-state index contributed by atoms with van der Waals surface area (Å²) in [7, 11) is 1.66. The van der Waals surface area contributed by atoms with E-state index >= 15 is 0 Å². The maximum Gasteiger partial charge on any atom is 0.241 e. The molecule has 2 aliphatic heterocycles. The largest absolute Gasteiger partial charge is 0.497 e. The zero-order chi connectivity index (χ0) is 19.5. The Hall–Kier alpha value is -2.28. The van der Waals surface area contributed by atoms with Crippen molar-refractivity contribution in [1.82, 2.24) is 15.8 Å². The Morgan fingerprint density at radius 1 is 1.04 bits per heavy atom. The molecule has 4 rings (SSSR count). The van der Waals surface area contributed by atoms with Crippen LogP contribution in [0.4, 0.5) is 5.69 Å². The van der Waals surface area contributed by atoms with Gasteiger partial charge in [-0.15, -0.1) is 0 Å². The lowest BCUT2D eigenvalue weighted by Gasteiger charge is -2.37. The molecule has 28 heavy (non-hydrogen) atoms. The second kappa shape index (κ2) is 8.39. The molecule has 1 amide bonds. The Morgan fingerprint density at radius 2 is 1.75 bits per heavy atom. The van der Waals surface area contributed by atoms with E-state index < -0.39 is 0 Å². The fraction of sp³-hybridized carbons (Fsp3) is 0.381. The number of carbonyl (C=O) groups is 1. The number of amides is 1. The number of hydrogen-bond acceptors (Lipinski definition) is 5. The molecule has 7 heteroatoms. The molecular weight excluding hydrogens is 376 g/mol. The zero-order valence-electron chi connectivity index (χ0n) is 15.9. The van der Waals surface area contributed by atoms with Crippen molar-refractivity contribution in [1.29, 1.82) is 0 Å². The SMILES string of the molecule is COc1ccc(C2CC(C(=O)N3CCN(c4ccccc4Cl)CC3)NN2)cc1. The van der Waals surface area contributed by atoms with Gasteiger partial charge in [0, 0.05) is 32.2 Å². The highest BCUT2D eigenvalue weighted by atomic mass is 35.5. The number of carbonyl (C=O) groups excluding carboxylic acids is 1. The van der Waals surface area contributed by atoms with E-state index in [4.69, 9.17) is 16.3 Å². The molecule has 2 aliphatic rings. The van der Waals surface area contributed by atoms with Crippen LogP contribution in [-0.2, 0) is 4.79 Å². The molecule has 2 saturated heterocycles. The van der Waals surface area contributed by atoms with Crippen LogP contribution in [0.25, 0.3) is 0 Å². The number of methoxy groups -OCH3 is 1. The van der Waals surface area contributed by atoms with Crippen LogP contribution in [-0.4, -0.2) is 50.1 Å². The van der Waals surface area contributed by atoms with Gasteiger partial charge in [-0.05, 0) is 36.2 Å². The number of ether oxygens (including phenoxy) is 1. The van der Waals surface area contributed by atoms with Crippen LogP contribution in [0.3, 0.4) is 0 Å². The lowest BCUT2D eigenvalue weighted by molar-refractivity contribution is -0.133. The molecule has 0 saturated carbocycles. The van der Waals surface area contributed by atoms with Crippen molar-refractivity contribution in [2.24, 2.45) is 0 Å². The molecule has 2 heterocycles. The first-order valence-corrected chi connectivity index (χ1v) is 9.97. The maximum absolute atomic E-state index is 12.9. The van der Waals surface area contributed by atoms with E-state index in [1.807, 2.05) is 53.4 Å². The number of benzene rings is 2. The Morgan fingerprint density at radius 3 is 2.43 bits per heavy atom. The first-order chi connectivity index (χ1) is 13.7. The smallest absolute Gasteiger partial charge is 0.241 e. The molecule has 2 fully saturated rings. The van der Waals surface area contributed by atoms with Crippen molar-refractivity contribution in [2.75, 3.05) is 38.2 Å². The summed E-state index contributed by atoms with van der Waals surface area (Å²) >= 11 is 6.31. The topological polar surface area (TPSA) is 56.8 Å². The van der Waals surface area contributed by atoms with Gasteiger partial charge in [-0.3, -0.25) is 4.79 Å². The maximum atomic E-state index is 12.9. The van der Waals surface area contributed by atoms with Crippen molar-refractivity contribution in [3.63, 3.8) is 0 Å². The van der Waals surface area contributed by atoms with Gasteiger partial charge in [0.25, 0.3) is 0 Å². The van der Waals surface area contributed by atoms with Crippen molar-refractivity contribution in [3.8, 4) is 5.75 Å². The van der Waals surface area contributed by atoms with Crippen LogP contribution in [0.15, 0.2) is 48.5 Å². The number of halogens is 1. The highest BCUT2D eigenvalue weighted by Gasteiger charge is 2.34. The third-order valence-corrected chi connectivity index (χ3v) is 5.82. The van der Waals surface area contributed by atoms with Gasteiger partial charge in [-0.1, -0.05) is 35.9 Å². The number of anilines is 1. The average Bonchev–Trinajstić information content (AvgIpc) is 3.24. The van der Waals surface area contributed by atoms with Crippen LogP contribution in [0, 0.1) is 0 Å². The molecule has 0 aromatic heterocycles. The number of hydrogen-bond donors (Lipinski definition) is 2. The molecule has 2 atom stereocenters. The van der Waals surface area contributed by atoms with Crippen LogP contribution < -0.4 is 20.5 Å². The third-order valence-electron chi connectivity index (χ3n) is 5.50. The molecule has 0 spiro atoms. The first-order valence-electron chi connectivity index (χ1n) is 9.59. The van der Waals surface area contributed by atoms with Gasteiger partial charge in [0.15, 0.2) is 0 Å². The van der Waals surface area contributed by atoms with Gasteiger partial charge in [-0.25, -0.2) is 10.9 Å². The van der Waals surface area contributed by atoms with Crippen molar-refractivity contribution in [3.05, 3.63) is 59.1 Å². The van der Waals surface area contributed by atoms with Gasteiger partial charge in [0.05, 0.1) is 17.8 Å². The van der Waals surface area contributed by atoms with Gasteiger partial charge in [0.1, 0.15) is 11.8 Å². The number of para-hydroxylation sites is 1. The lowest BCUT2D eigenvalue weighted by atomic mass is 10.0. The fourth-order valence-electron chi connectivity index (χ4n) is 3.87. The lowest BCUT2D eigenvalue weighted by Crippen LogP contribution is -2.53. The van der Waals surface area contributed by atoms with Crippen molar-refractivity contribution < 1.29 is 9.53 Å². The molecule has 0 bridgehead atoms. The minimum atomic E-state index is -0.209. The van der Waals surface area contributed by atoms with Crippen LogP contribution >= 0.6 is 11.6 Å². The normalized spacial score (nSPS) is 22.4. The van der Waals surface area contributed by atoms with E-state index in [0.29, 0.717) is 13.1 Å². The summed E-state index contributed by atoms with van der Waals surface area (Å²) in [5, 5.41) is 0.756. The molecule has 0 aliphatic carbocycles. The number of hydrazine groups is 1. The average molecular weight is 401 g/mol. The van der Waals surface area contributed by atoms with Crippen LogP contribution in [0.2, 0.25) is 5.02 Å². The summed E-state index contributed by atoms with van der Waals surface area (Å²) in [5.41, 5.74) is 8.62. The molecule has 2 N–H and O–H groups in total. The predicted octanol–water partition coefficient (Wildman–Crippen LogP) is 2.61. The number of nitrogens with one attached hydrogen (secondary N) is 2. The number of piperazine rings is 1. The monoisotopic (exact) mass is 400 g/mol. The quantitative estimate of drug-likeness (QED) is 0.826. The molecular formula is C21H25ClN4O2. The highest BCUT2D eigenvalue weighted by Crippen LogP contribution is 2.27. The van der Waals surface area contributed by atoms with E-state index in [2.05, 4.69) is 15.8 Å². The Balaban J connectivity index is 1.32. The van der Waals surface area contributed by atoms with Gasteiger partial charge in [-0.2, -0.15) is 0 Å². The summed E-state index contributed by atoms with van der Waals surface area (Å²) in [4.78, 5) is 17.1. The van der Waals surface area contributed by atoms with Crippen LogP contribution in [0.5, 0.6) is 5.75 Å². The van der Waals surface area contributed by atoms with E-state index in [9.17, 15) is 4.79 Å². The summed E-state index contributed by atoms with van der Waals surface area (Å²) in [6.07, 6.45) is 0.732. The first kappa shape index (κ1) is 19.1. The van der Waals surface area contributed by atoms with Crippen molar-refractivity contribution in [2.45, 2.75) is 18.5 Å². The molecule has 2 aromatic rings. The Labute approximate surface area is 170 Å². The van der Waals surface area contributed by atoms with Crippen molar-refractivity contribution >= 4 is 23.2 Å². The van der Waals surface area contributed by atoms with E-state index in [1.165, 1.54) is 0 Å². The second-order valence-electron chi connectivity index (χ2n) is 7.17. The molecule has 6 nitrogen and oxygen atoms in total. The van der Waals surface area contributed by atoms with Crippen LogP contribution in [0.1, 0.15) is 18.0 Å². The Bertz CT molecular complexity index is 821. The molecule has 2 unspecified atom stereocenters. The zero-order valence-corrected chi connectivity index (χ0v) is 16.7. The highest BCUT2D eigenvalue weighted by molar-refractivity contribution is 6.33. The summed E-state index contributed by atoms with van der Waals surface area (Å²) in [5.74, 6) is 0.987. The van der Waals surface area contributed by atoms with E-state index in [-0.39, 0.29) is 18.0 Å². The van der Waals surface area contributed by atoms with E-state index in [0.717, 1.165) is 41.5 Å². The minimum Gasteiger partial charge on any atom is -0.497 e. The van der Waals surface area contributed by atoms with Gasteiger partial charge >= 0.3 is 0 Å². The summed E-state index contributed by atoms with van der Waals surface area (Å²) in [6.45, 7) is 2.99. The minimum absolute atomic E-state index is 0.115. The fourth-order valence-corrected chi connectivity index (χ4v) is 4.12. The molecule has 0 radical (unpaired) electrons. The van der Waals surface area contributed by atoms with Gasteiger partial charge < -0.3 is 14.5 Å². The molecule has 2 aromatic carbocycles. The summed E-state index contributed by atoms with van der Waals surface area (Å²) < 4.78 is 5.21. The number of nitrogens with zero attached hydrogens (tertiary/aromatic N) is 2. The third kappa shape index (κ3) is 3.94. The number of rotatable bonds is 4. The second-order valence-corrected chi connectivity index (χ2v) is 7.57. The predicted molar refractivity (Wildman–Crippen MR) is 111 cm³/mol. The standard InChI is InChI=1S/C21H25ClN4O2/c1-28-16-8-6-15(7-9-16)18-14-19(24-23-18)21(27)26-12-10-25(11-13-26)20-5-3-2-4-17(20)22/h2-9,18-19,23-24H,10-14H2,1H3. The van der Waals surface area contributed by atoms with E-state index in [1.54, 1.807) is 7.11 Å². The molecule has 148 valence electrons. The Kier molecular flexibility index (Phi) is 5.71. The van der Waals surface area contributed by atoms with Gasteiger partial charge in [0.2, 0.25) is 5.91 Å². The summed E-state index contributed by atoms with van der Waals surface area (Å²) in [6, 6.07) is 15.7.